The second-order valence-corrected chi connectivity index (χ2v) is 0.283. The molecule has 0 saturated heterocycles. The van der Waals surface area contributed by atoms with Crippen LogP contribution in [0.5, 0.6) is 0 Å². The van der Waals surface area contributed by atoms with Gasteiger partial charge in [0.2, 0.25) is 0 Å². The third-order valence-corrected chi connectivity index (χ3v) is 0. The molecule has 0 aromatic heterocycles. The molecule has 8 heteroatoms. The molecule has 0 unspecified atom stereocenters. The first-order valence-electron chi connectivity index (χ1n) is 1.41. The van der Waals surface area contributed by atoms with Crippen LogP contribution in [0.3, 0.4) is 0 Å². The van der Waals surface area contributed by atoms with Crippen molar-refractivity contribution in [2.75, 3.05) is 0 Å². The molecule has 3 nitrogen and oxygen atoms in total. The van der Waals surface area contributed by atoms with Crippen LogP contribution in [-0.4, -0.2) is 165 Å². The summed E-state index contributed by atoms with van der Waals surface area (Å²) < 4.78 is 14.5. The topological polar surface area (TPSA) is 57.5 Å². The zero-order chi connectivity index (χ0) is 7.58. The number of hydrogen-bond acceptors (Lipinski definition) is 1. The first kappa shape index (κ1) is 23.3. The van der Waals surface area contributed by atoms with Crippen LogP contribution in [0.25, 0.3) is 0 Å². The predicted molar refractivity (Wildman–Crippen MR) is 36.3 cm³/mol. The molecule has 42 valence electrons. The van der Waals surface area contributed by atoms with Gasteiger partial charge in [0.15, 0.2) is 0 Å². The predicted octanol–water partition coefficient (Wildman–Crippen LogP) is -0.0780. The molecular weight excluding hydrogens is 232 g/mol. The Balaban J connectivity index is -0.0000000221. The summed E-state index contributed by atoms with van der Waals surface area (Å²) in [5.74, 6) is 0. The van der Waals surface area contributed by atoms with Crippen molar-refractivity contribution in [3.63, 3.8) is 0 Å². The van der Waals surface area contributed by atoms with Crippen molar-refractivity contribution in [2.45, 2.75) is 0 Å². The van der Waals surface area contributed by atoms with Gasteiger partial charge < -0.3 is 10.2 Å². The van der Waals surface area contributed by atoms with Gasteiger partial charge in [-0.05, 0) is 0 Å². The van der Waals surface area contributed by atoms with Crippen molar-refractivity contribution < 1.29 is 14.8 Å². The molecule has 0 aliphatic heterocycles. The maximum atomic E-state index is 9.69. The first-order valence-corrected chi connectivity index (χ1v) is 6.88. The van der Waals surface area contributed by atoms with Gasteiger partial charge in [0.1, 0.15) is 0 Å². The van der Waals surface area contributed by atoms with Gasteiger partial charge in [-0.25, -0.2) is 4.79 Å². The van der Waals surface area contributed by atoms with E-state index in [4.69, 9.17) is 18.8 Å². The molecule has 0 saturated carbocycles. The maximum absolute atomic E-state index is 9.69. The van der Waals surface area contributed by atoms with Gasteiger partial charge in [0.25, 0.3) is 0 Å². The Morgan fingerprint density at radius 2 is 1.33 bits per heavy atom. The van der Waals surface area contributed by atoms with Gasteiger partial charge in [-0.15, -0.1) is 0 Å². The van der Waals surface area contributed by atoms with Crippen LogP contribution < -0.4 is 0 Å². The molecule has 0 bridgehead atoms. The van der Waals surface area contributed by atoms with Gasteiger partial charge in [0, 0.05) is 0 Å². The number of carbonyl (C=O) groups is 1. The average Bonchev–Trinajstić information content (AvgIpc) is 1.75. The Labute approximate surface area is 167 Å². The molecule has 0 rings (SSSR count). The number of rotatable bonds is 0. The third-order valence-electron chi connectivity index (χ3n) is 0. The molecule has 0 aliphatic carbocycles. The van der Waals surface area contributed by atoms with Crippen molar-refractivity contribution in [1.82, 2.24) is 0 Å². The molecule has 0 amide bonds. The van der Waals surface area contributed by atoms with E-state index in [0.29, 0.717) is 47.1 Å². The van der Waals surface area contributed by atoms with Crippen LogP contribution >= 0.6 is 3.76 Å². The number of halogens is 2. The molecule has 9 heavy (non-hydrogen) atoms. The number of carboxylic acid groups (broad SMARTS) is 2. The SMILES string of the molecule is O=C(O)O.[Cl][K].[F][K].[KH]. The minimum atomic E-state index is -1.83. The van der Waals surface area contributed by atoms with Crippen molar-refractivity contribution in [3.05, 3.63) is 0 Å². The van der Waals surface area contributed by atoms with E-state index in [1.807, 2.05) is 0 Å². The zero-order valence-electron chi connectivity index (χ0n) is 4.56. The van der Waals surface area contributed by atoms with Crippen LogP contribution in [0.1, 0.15) is 0 Å². The van der Waals surface area contributed by atoms with Crippen molar-refractivity contribution in [2.24, 2.45) is 0 Å². The summed E-state index contributed by atoms with van der Waals surface area (Å²) in [5.41, 5.74) is 0. The van der Waals surface area contributed by atoms with Crippen LogP contribution in [0.4, 0.5) is 4.58 Å². The van der Waals surface area contributed by atoms with E-state index >= 15 is 0 Å². The van der Waals surface area contributed by atoms with E-state index < -0.39 is 56.1 Å². The summed E-state index contributed by atoms with van der Waals surface area (Å²) in [6.07, 6.45) is -1.83. The van der Waals surface area contributed by atoms with Gasteiger partial charge in [-0.2, -0.15) is 0 Å². The molecule has 0 aromatic rings. The molecule has 0 heterocycles. The third kappa shape index (κ3) is 69.3. The summed E-state index contributed by atoms with van der Waals surface area (Å²) in [6.45, 7) is 0. The molecule has 0 aliphatic rings. The Morgan fingerprint density at radius 3 is 1.33 bits per heavy atom. The van der Waals surface area contributed by atoms with E-state index in [9.17, 15) is -0.211 Å². The summed E-state index contributed by atoms with van der Waals surface area (Å²) in [6, 6.07) is 0. The monoisotopic (exact) mass is 234 g/mol. The second-order valence-electron chi connectivity index (χ2n) is 0.283. The van der Waals surface area contributed by atoms with Crippen LogP contribution in [0, 0.1) is 0 Å². The van der Waals surface area contributed by atoms with Crippen molar-refractivity contribution in [1.29, 1.82) is 0 Å². The van der Waals surface area contributed by atoms with Crippen LogP contribution in [0.15, 0.2) is 0 Å². The summed E-state index contributed by atoms with van der Waals surface area (Å²) in [7, 11) is 0. The molecule has 0 spiro atoms. The van der Waals surface area contributed by atoms with Crippen molar-refractivity contribution in [3.8, 4) is 0 Å². The summed E-state index contributed by atoms with van der Waals surface area (Å²) >= 11 is 0.0972. The Morgan fingerprint density at radius 1 is 1.33 bits per heavy atom. The van der Waals surface area contributed by atoms with Gasteiger partial charge in [0.05, 0.1) is 0 Å². The number of hydrogen-bond donors (Lipinski definition) is 2. The van der Waals surface area contributed by atoms with Gasteiger partial charge >= 0.3 is 158 Å². The average molecular weight is 235 g/mol. The zero-order valence-corrected chi connectivity index (χ0v) is 11.6. The Bertz CT molecular complexity index is 42.0. The summed E-state index contributed by atoms with van der Waals surface area (Å²) in [5, 5.41) is 13.9. The fraction of sp³-hybridized carbons (Fsp3) is 0. The van der Waals surface area contributed by atoms with Gasteiger partial charge in [-0.1, -0.05) is 0 Å². The first-order chi connectivity index (χ1) is 3.73. The van der Waals surface area contributed by atoms with E-state index in [1.54, 1.807) is 0 Å². The van der Waals surface area contributed by atoms with E-state index in [-0.39, 0.29) is 51.4 Å². The standard InChI is InChI=1S/CH2O3.ClH.FH.3K.H/c2-1(3)4;;;;;;/h(H2,2,3,4);2*1H;;;;/q;;;;2*+1;/p-2. The molecule has 0 radical (unpaired) electrons. The van der Waals surface area contributed by atoms with Crippen LogP contribution in [-0.2, 0) is 0 Å². The Kier molecular flexibility index (Phi) is 76.2. The van der Waals surface area contributed by atoms with Crippen LogP contribution in [0.2, 0.25) is 0 Å². The van der Waals surface area contributed by atoms with E-state index in [0.717, 1.165) is 0 Å². The summed E-state index contributed by atoms with van der Waals surface area (Å²) in [4.78, 5) is 8.56. The second kappa shape index (κ2) is 29.4. The minimum absolute atomic E-state index is 0. The molecule has 2 N–H and O–H groups in total. The fourth-order valence-electron chi connectivity index (χ4n) is 0. The molecule has 0 aromatic carbocycles. The normalized spacial score (nSPS) is 4.22. The molecule has 0 fully saturated rings. The fourth-order valence-corrected chi connectivity index (χ4v) is 0. The molecule has 0 atom stereocenters. The van der Waals surface area contributed by atoms with E-state index in [1.165, 1.54) is 0 Å². The van der Waals surface area contributed by atoms with Crippen molar-refractivity contribution >= 4 is 158 Å². The van der Waals surface area contributed by atoms with Gasteiger partial charge in [-0.3, -0.25) is 0 Å². The Hall–Kier alpha value is 4.40. The van der Waals surface area contributed by atoms with E-state index in [2.05, 4.69) is 0 Å². The molecular formula is CH3ClFK3O3. The quantitative estimate of drug-likeness (QED) is 0.577.